The van der Waals surface area contributed by atoms with E-state index >= 15 is 0 Å². The Bertz CT molecular complexity index is 558. The van der Waals surface area contributed by atoms with Crippen LogP contribution >= 0.6 is 12.2 Å². The van der Waals surface area contributed by atoms with E-state index in [1.807, 2.05) is 24.3 Å². The molecule has 1 fully saturated rings. The molecule has 19 heavy (non-hydrogen) atoms. The molecule has 1 aromatic heterocycles. The van der Waals surface area contributed by atoms with Crippen molar-refractivity contribution in [3.63, 3.8) is 0 Å². The van der Waals surface area contributed by atoms with Gasteiger partial charge in [0, 0.05) is 17.3 Å². The van der Waals surface area contributed by atoms with Crippen LogP contribution in [-0.4, -0.2) is 11.0 Å². The van der Waals surface area contributed by atoms with E-state index < -0.39 is 0 Å². The Balaban J connectivity index is 1.81. The van der Waals surface area contributed by atoms with Crippen molar-refractivity contribution in [1.82, 2.24) is 0 Å². The number of furan rings is 1. The number of nitrogens with zero attached hydrogens (tertiary/aromatic N) is 1. The maximum absolute atomic E-state index is 5.62. The minimum atomic E-state index is 0.440. The van der Waals surface area contributed by atoms with E-state index in [2.05, 4.69) is 17.0 Å². The lowest BCUT2D eigenvalue weighted by Gasteiger charge is -2.23. The first-order valence-electron chi connectivity index (χ1n) is 6.43. The fraction of sp³-hybridized carbons (Fsp3) is 0.267. The molecule has 0 unspecified atom stereocenters. The van der Waals surface area contributed by atoms with Crippen molar-refractivity contribution < 1.29 is 4.42 Å². The molecule has 2 N–H and O–H groups in total. The first-order chi connectivity index (χ1) is 9.24. The Morgan fingerprint density at radius 3 is 2.53 bits per heavy atom. The Morgan fingerprint density at radius 1 is 1.26 bits per heavy atom. The molecule has 1 aliphatic carbocycles. The Hall–Kier alpha value is -1.81. The van der Waals surface area contributed by atoms with Crippen LogP contribution in [0.2, 0.25) is 0 Å². The van der Waals surface area contributed by atoms with E-state index in [-0.39, 0.29) is 0 Å². The standard InChI is InChI=1S/C15H16N2OS/c16-15(19)11-3-5-12(6-4-11)17(13-7-8-13)10-14-2-1-9-18-14/h1-6,9,13H,7-8,10H2,(H2,16,19). The summed E-state index contributed by atoms with van der Waals surface area (Å²) in [5.74, 6) is 0.991. The molecule has 1 aliphatic rings. The lowest BCUT2D eigenvalue weighted by Crippen LogP contribution is -2.24. The normalized spacial score (nSPS) is 14.3. The van der Waals surface area contributed by atoms with Crippen molar-refractivity contribution in [2.45, 2.75) is 25.4 Å². The summed E-state index contributed by atoms with van der Waals surface area (Å²) in [4.78, 5) is 2.82. The zero-order valence-corrected chi connectivity index (χ0v) is 11.4. The minimum absolute atomic E-state index is 0.440. The van der Waals surface area contributed by atoms with E-state index in [0.29, 0.717) is 11.0 Å². The molecular weight excluding hydrogens is 256 g/mol. The van der Waals surface area contributed by atoms with E-state index in [4.69, 9.17) is 22.4 Å². The quantitative estimate of drug-likeness (QED) is 0.849. The molecule has 3 rings (SSSR count). The highest BCUT2D eigenvalue weighted by atomic mass is 32.1. The second-order valence-corrected chi connectivity index (χ2v) is 5.29. The van der Waals surface area contributed by atoms with Crippen LogP contribution in [0.5, 0.6) is 0 Å². The third kappa shape index (κ3) is 2.79. The third-order valence-corrected chi connectivity index (χ3v) is 3.61. The molecule has 0 saturated heterocycles. The number of thiocarbonyl (C=S) groups is 1. The van der Waals surface area contributed by atoms with Crippen molar-refractivity contribution in [1.29, 1.82) is 0 Å². The number of hydrogen-bond acceptors (Lipinski definition) is 3. The van der Waals surface area contributed by atoms with Crippen LogP contribution in [0, 0.1) is 0 Å². The molecule has 98 valence electrons. The first kappa shape index (κ1) is 12.2. The third-order valence-electron chi connectivity index (χ3n) is 3.38. The van der Waals surface area contributed by atoms with Gasteiger partial charge in [0.15, 0.2) is 0 Å². The van der Waals surface area contributed by atoms with Gasteiger partial charge in [0.25, 0.3) is 0 Å². The maximum atomic E-state index is 5.62. The van der Waals surface area contributed by atoms with Gasteiger partial charge in [0.1, 0.15) is 10.7 Å². The molecule has 0 aliphatic heterocycles. The fourth-order valence-corrected chi connectivity index (χ4v) is 2.34. The molecule has 0 radical (unpaired) electrons. The van der Waals surface area contributed by atoms with Gasteiger partial charge in [-0.05, 0) is 49.2 Å². The predicted octanol–water partition coefficient (Wildman–Crippen LogP) is 3.08. The summed E-state index contributed by atoms with van der Waals surface area (Å²) >= 11 is 4.98. The summed E-state index contributed by atoms with van der Waals surface area (Å²) in [6, 6.07) is 12.7. The largest absolute Gasteiger partial charge is 0.467 e. The molecule has 2 aromatic rings. The molecular formula is C15H16N2OS. The molecule has 0 amide bonds. The van der Waals surface area contributed by atoms with Crippen LogP contribution in [-0.2, 0) is 6.54 Å². The molecule has 0 atom stereocenters. The van der Waals surface area contributed by atoms with Gasteiger partial charge < -0.3 is 15.1 Å². The maximum Gasteiger partial charge on any atom is 0.123 e. The molecule has 4 heteroatoms. The summed E-state index contributed by atoms with van der Waals surface area (Å²) in [6.07, 6.45) is 4.21. The topological polar surface area (TPSA) is 42.4 Å². The van der Waals surface area contributed by atoms with Gasteiger partial charge in [-0.15, -0.1) is 0 Å². The predicted molar refractivity (Wildman–Crippen MR) is 80.2 cm³/mol. The monoisotopic (exact) mass is 272 g/mol. The van der Waals surface area contributed by atoms with Crippen molar-refractivity contribution in [2.24, 2.45) is 5.73 Å². The SMILES string of the molecule is NC(=S)c1ccc(N(Cc2ccco2)C2CC2)cc1. The summed E-state index contributed by atoms with van der Waals surface area (Å²) in [5.41, 5.74) is 7.73. The van der Waals surface area contributed by atoms with E-state index in [1.54, 1.807) is 6.26 Å². The highest BCUT2D eigenvalue weighted by Gasteiger charge is 2.29. The lowest BCUT2D eigenvalue weighted by molar-refractivity contribution is 0.501. The van der Waals surface area contributed by atoms with Crippen molar-refractivity contribution >= 4 is 22.9 Å². The number of nitrogens with two attached hydrogens (primary N) is 1. The van der Waals surface area contributed by atoms with Gasteiger partial charge in [-0.25, -0.2) is 0 Å². The molecule has 1 saturated carbocycles. The lowest BCUT2D eigenvalue weighted by atomic mass is 10.2. The van der Waals surface area contributed by atoms with Crippen LogP contribution in [0.15, 0.2) is 47.1 Å². The second kappa shape index (κ2) is 5.05. The van der Waals surface area contributed by atoms with Gasteiger partial charge in [-0.1, -0.05) is 12.2 Å². The van der Waals surface area contributed by atoms with Gasteiger partial charge in [-0.2, -0.15) is 0 Å². The van der Waals surface area contributed by atoms with Crippen molar-refractivity contribution in [2.75, 3.05) is 4.90 Å². The van der Waals surface area contributed by atoms with Crippen LogP contribution in [0.25, 0.3) is 0 Å². The average molecular weight is 272 g/mol. The highest BCUT2D eigenvalue weighted by Crippen LogP contribution is 2.33. The summed E-state index contributed by atoms with van der Waals surface area (Å²) in [6.45, 7) is 0.810. The molecule has 3 nitrogen and oxygen atoms in total. The van der Waals surface area contributed by atoms with Gasteiger partial charge in [0.05, 0.1) is 12.8 Å². The number of anilines is 1. The Labute approximate surface area is 118 Å². The van der Waals surface area contributed by atoms with Gasteiger partial charge >= 0.3 is 0 Å². The van der Waals surface area contributed by atoms with E-state index in [0.717, 1.165) is 17.9 Å². The number of benzene rings is 1. The highest BCUT2D eigenvalue weighted by molar-refractivity contribution is 7.80. The second-order valence-electron chi connectivity index (χ2n) is 4.85. The Morgan fingerprint density at radius 2 is 2.00 bits per heavy atom. The zero-order valence-electron chi connectivity index (χ0n) is 10.6. The average Bonchev–Trinajstić information content (AvgIpc) is 3.13. The summed E-state index contributed by atoms with van der Waals surface area (Å²) in [5, 5.41) is 0. The van der Waals surface area contributed by atoms with E-state index in [1.165, 1.54) is 18.5 Å². The smallest absolute Gasteiger partial charge is 0.123 e. The summed E-state index contributed by atoms with van der Waals surface area (Å²) < 4.78 is 5.44. The molecule has 1 heterocycles. The number of hydrogen-bond donors (Lipinski definition) is 1. The van der Waals surface area contributed by atoms with Crippen LogP contribution < -0.4 is 10.6 Å². The van der Waals surface area contributed by atoms with Crippen molar-refractivity contribution in [3.05, 3.63) is 54.0 Å². The molecule has 0 bridgehead atoms. The molecule has 0 spiro atoms. The molecule has 1 aromatic carbocycles. The van der Waals surface area contributed by atoms with Gasteiger partial charge in [0.2, 0.25) is 0 Å². The summed E-state index contributed by atoms with van der Waals surface area (Å²) in [7, 11) is 0. The number of rotatable bonds is 5. The Kier molecular flexibility index (Phi) is 3.25. The van der Waals surface area contributed by atoms with E-state index in [9.17, 15) is 0 Å². The van der Waals surface area contributed by atoms with Crippen LogP contribution in [0.3, 0.4) is 0 Å². The first-order valence-corrected chi connectivity index (χ1v) is 6.84. The van der Waals surface area contributed by atoms with Crippen LogP contribution in [0.1, 0.15) is 24.2 Å². The van der Waals surface area contributed by atoms with Crippen molar-refractivity contribution in [3.8, 4) is 0 Å². The fourth-order valence-electron chi connectivity index (χ4n) is 2.21. The minimum Gasteiger partial charge on any atom is -0.467 e. The van der Waals surface area contributed by atoms with Crippen LogP contribution in [0.4, 0.5) is 5.69 Å². The van der Waals surface area contributed by atoms with Gasteiger partial charge in [-0.3, -0.25) is 0 Å². The zero-order chi connectivity index (χ0) is 13.2.